The number of esters is 1. The molecule has 0 radical (unpaired) electrons. The second-order valence-corrected chi connectivity index (χ2v) is 5.57. The predicted octanol–water partition coefficient (Wildman–Crippen LogP) is 2.79. The van der Waals surface area contributed by atoms with E-state index < -0.39 is 42.2 Å². The maximum atomic E-state index is 12.3. The van der Waals surface area contributed by atoms with Crippen molar-refractivity contribution in [3.63, 3.8) is 0 Å². The molecule has 0 saturated heterocycles. The predicted molar refractivity (Wildman–Crippen MR) is 65.1 cm³/mol. The number of ether oxygens (including phenoxy) is 2. The number of alkyl halides is 3. The summed E-state index contributed by atoms with van der Waals surface area (Å²) in [5.74, 6) is -0.965. The van der Waals surface area contributed by atoms with Gasteiger partial charge in [0, 0.05) is 6.42 Å². The van der Waals surface area contributed by atoms with Crippen molar-refractivity contribution in [2.75, 3.05) is 7.11 Å². The first-order valence-corrected chi connectivity index (χ1v) is 5.95. The summed E-state index contributed by atoms with van der Waals surface area (Å²) in [6.07, 6.45) is -7.28. The molecule has 0 aliphatic rings. The highest BCUT2D eigenvalue weighted by molar-refractivity contribution is 5.85. The Hall–Kier alpha value is -1.47. The second-order valence-electron chi connectivity index (χ2n) is 5.57. The van der Waals surface area contributed by atoms with E-state index in [2.05, 4.69) is 10.1 Å². The van der Waals surface area contributed by atoms with E-state index in [4.69, 9.17) is 4.74 Å². The number of amides is 1. The summed E-state index contributed by atoms with van der Waals surface area (Å²) in [5, 5.41) is 2.14. The maximum absolute atomic E-state index is 12.3. The molecule has 1 unspecified atom stereocenters. The smallest absolute Gasteiger partial charge is 0.408 e. The van der Waals surface area contributed by atoms with E-state index >= 15 is 0 Å². The zero-order valence-corrected chi connectivity index (χ0v) is 12.2. The lowest BCUT2D eigenvalue weighted by molar-refractivity contribution is -0.154. The number of rotatable bonds is 4. The fourth-order valence-corrected chi connectivity index (χ4v) is 1.36. The van der Waals surface area contributed by atoms with Crippen LogP contribution in [0.15, 0.2) is 0 Å². The topological polar surface area (TPSA) is 64.6 Å². The highest BCUT2D eigenvalue weighted by Crippen LogP contribution is 2.26. The molecule has 0 aliphatic heterocycles. The monoisotopic (exact) mass is 299 g/mol. The summed E-state index contributed by atoms with van der Waals surface area (Å²) in [6, 6.07) is 0. The van der Waals surface area contributed by atoms with Gasteiger partial charge in [0.1, 0.15) is 11.1 Å². The molecule has 118 valence electrons. The summed E-state index contributed by atoms with van der Waals surface area (Å²) in [5.41, 5.74) is -2.63. The molecule has 0 heterocycles. The number of nitrogens with one attached hydrogen (secondary N) is 1. The van der Waals surface area contributed by atoms with Crippen molar-refractivity contribution in [1.29, 1.82) is 0 Å². The van der Waals surface area contributed by atoms with Crippen LogP contribution in [0.1, 0.15) is 40.5 Å². The lowest BCUT2D eigenvalue weighted by atomic mass is 9.96. The zero-order chi connectivity index (χ0) is 16.2. The summed E-state index contributed by atoms with van der Waals surface area (Å²) in [6.45, 7) is 5.95. The molecule has 5 nitrogen and oxygen atoms in total. The van der Waals surface area contributed by atoms with Crippen LogP contribution in [-0.2, 0) is 14.3 Å². The van der Waals surface area contributed by atoms with Crippen LogP contribution in [-0.4, -0.2) is 36.5 Å². The lowest BCUT2D eigenvalue weighted by Crippen LogP contribution is -2.54. The molecule has 0 aliphatic carbocycles. The van der Waals surface area contributed by atoms with E-state index in [1.54, 1.807) is 20.8 Å². The number of carbonyl (C=O) groups excluding carboxylic acids is 2. The Bertz CT molecular complexity index is 363. The summed E-state index contributed by atoms with van der Waals surface area (Å²) in [7, 11) is 1.03. The van der Waals surface area contributed by atoms with E-state index in [1.807, 2.05) is 0 Å². The van der Waals surface area contributed by atoms with Crippen LogP contribution in [0.4, 0.5) is 18.0 Å². The molecule has 20 heavy (non-hydrogen) atoms. The van der Waals surface area contributed by atoms with Gasteiger partial charge in [-0.05, 0) is 34.1 Å². The molecule has 1 atom stereocenters. The minimum absolute atomic E-state index is 0.636. The summed E-state index contributed by atoms with van der Waals surface area (Å²) in [4.78, 5) is 23.2. The largest absolute Gasteiger partial charge is 0.467 e. The van der Waals surface area contributed by atoms with Gasteiger partial charge in [0.2, 0.25) is 0 Å². The van der Waals surface area contributed by atoms with Gasteiger partial charge >= 0.3 is 18.2 Å². The molecule has 1 N–H and O–H groups in total. The van der Waals surface area contributed by atoms with E-state index in [9.17, 15) is 22.8 Å². The van der Waals surface area contributed by atoms with Crippen LogP contribution < -0.4 is 5.32 Å². The Kier molecular flexibility index (Phi) is 5.86. The van der Waals surface area contributed by atoms with Crippen molar-refractivity contribution < 1.29 is 32.2 Å². The van der Waals surface area contributed by atoms with E-state index in [0.29, 0.717) is 0 Å². The number of hydrogen-bond donors (Lipinski definition) is 1. The maximum Gasteiger partial charge on any atom is 0.408 e. The van der Waals surface area contributed by atoms with Gasteiger partial charge in [-0.2, -0.15) is 13.2 Å². The van der Waals surface area contributed by atoms with Gasteiger partial charge in [0.25, 0.3) is 0 Å². The van der Waals surface area contributed by atoms with Crippen molar-refractivity contribution in [3.05, 3.63) is 0 Å². The van der Waals surface area contributed by atoms with Crippen LogP contribution in [0.25, 0.3) is 0 Å². The van der Waals surface area contributed by atoms with Gasteiger partial charge in [0.05, 0.1) is 7.11 Å². The van der Waals surface area contributed by atoms with Gasteiger partial charge < -0.3 is 14.8 Å². The zero-order valence-electron chi connectivity index (χ0n) is 12.2. The quantitative estimate of drug-likeness (QED) is 0.811. The fraction of sp³-hybridized carbons (Fsp3) is 0.833. The Balaban J connectivity index is 4.88. The lowest BCUT2D eigenvalue weighted by Gasteiger charge is -2.30. The Morgan fingerprint density at radius 3 is 1.90 bits per heavy atom. The number of alkyl carbamates (subject to hydrolysis) is 1. The third kappa shape index (κ3) is 7.20. The minimum atomic E-state index is -4.44. The fourth-order valence-electron chi connectivity index (χ4n) is 1.36. The first-order valence-electron chi connectivity index (χ1n) is 5.95. The Labute approximate surface area is 115 Å². The van der Waals surface area contributed by atoms with Crippen LogP contribution in [0.3, 0.4) is 0 Å². The van der Waals surface area contributed by atoms with E-state index in [0.717, 1.165) is 14.0 Å². The molecule has 0 aromatic heterocycles. The van der Waals surface area contributed by atoms with Crippen LogP contribution >= 0.6 is 0 Å². The highest BCUT2D eigenvalue weighted by atomic mass is 19.4. The standard InChI is InChI=1S/C12H20F3NO4/c1-10(2,3)20-9(18)16-11(4,8(17)19-5)6-7-12(13,14)15/h6-7H2,1-5H3,(H,16,18). The van der Waals surface area contributed by atoms with Gasteiger partial charge in [-0.3, -0.25) is 0 Å². The molecule has 0 spiro atoms. The van der Waals surface area contributed by atoms with Crippen molar-refractivity contribution in [2.45, 2.75) is 57.9 Å². The van der Waals surface area contributed by atoms with E-state index in [1.165, 1.54) is 0 Å². The second kappa shape index (κ2) is 6.32. The molecule has 0 aromatic carbocycles. The number of carbonyl (C=O) groups is 2. The van der Waals surface area contributed by atoms with Gasteiger partial charge in [0.15, 0.2) is 0 Å². The number of halogens is 3. The molecule has 0 bridgehead atoms. The first kappa shape index (κ1) is 18.5. The van der Waals surface area contributed by atoms with Crippen molar-refractivity contribution in [3.8, 4) is 0 Å². The molecule has 0 rings (SSSR count). The van der Waals surface area contributed by atoms with Crippen LogP contribution in [0.2, 0.25) is 0 Å². The van der Waals surface area contributed by atoms with Gasteiger partial charge in [-0.25, -0.2) is 9.59 Å². The highest BCUT2D eigenvalue weighted by Gasteiger charge is 2.41. The Morgan fingerprint density at radius 1 is 1.05 bits per heavy atom. The van der Waals surface area contributed by atoms with Crippen LogP contribution in [0, 0.1) is 0 Å². The van der Waals surface area contributed by atoms with Gasteiger partial charge in [-0.15, -0.1) is 0 Å². The first-order chi connectivity index (χ1) is 8.79. The SMILES string of the molecule is COC(=O)C(C)(CCC(F)(F)F)NC(=O)OC(C)(C)C. The van der Waals surface area contributed by atoms with Crippen molar-refractivity contribution >= 4 is 12.1 Å². The Morgan fingerprint density at radius 2 is 1.55 bits per heavy atom. The number of methoxy groups -OCH3 is 1. The molecular weight excluding hydrogens is 279 g/mol. The molecular formula is C12H20F3NO4. The van der Waals surface area contributed by atoms with Crippen molar-refractivity contribution in [1.82, 2.24) is 5.32 Å². The summed E-state index contributed by atoms with van der Waals surface area (Å²) >= 11 is 0. The van der Waals surface area contributed by atoms with Crippen LogP contribution in [0.5, 0.6) is 0 Å². The number of hydrogen-bond acceptors (Lipinski definition) is 4. The summed E-state index contributed by atoms with van der Waals surface area (Å²) < 4.78 is 46.2. The normalized spacial score (nSPS) is 15.2. The van der Waals surface area contributed by atoms with E-state index in [-0.39, 0.29) is 0 Å². The molecule has 0 saturated carbocycles. The average Bonchev–Trinajstić information content (AvgIpc) is 2.21. The molecule has 1 amide bonds. The third-order valence-electron chi connectivity index (χ3n) is 2.32. The minimum Gasteiger partial charge on any atom is -0.467 e. The average molecular weight is 299 g/mol. The molecule has 0 fully saturated rings. The molecule has 0 aromatic rings. The molecule has 8 heteroatoms. The van der Waals surface area contributed by atoms with Crippen molar-refractivity contribution in [2.24, 2.45) is 0 Å². The third-order valence-corrected chi connectivity index (χ3v) is 2.32. The van der Waals surface area contributed by atoms with Gasteiger partial charge in [-0.1, -0.05) is 0 Å².